The fourth-order valence-corrected chi connectivity index (χ4v) is 3.29. The molecular formula is C16H12N2S. The second kappa shape index (κ2) is 3.75. The van der Waals surface area contributed by atoms with Crippen molar-refractivity contribution in [2.45, 2.75) is 13.8 Å². The van der Waals surface area contributed by atoms with Crippen molar-refractivity contribution < 1.29 is 0 Å². The van der Waals surface area contributed by atoms with E-state index in [4.69, 9.17) is 0 Å². The predicted molar refractivity (Wildman–Crippen MR) is 81.9 cm³/mol. The Hall–Kier alpha value is -2.00. The molecule has 3 aromatic carbocycles. The molecule has 0 bridgehead atoms. The third-order valence-electron chi connectivity index (χ3n) is 3.64. The first-order valence-electron chi connectivity index (χ1n) is 6.29. The van der Waals surface area contributed by atoms with E-state index in [1.807, 2.05) is 0 Å². The average molecular weight is 264 g/mol. The van der Waals surface area contributed by atoms with Crippen molar-refractivity contribution in [1.82, 2.24) is 8.75 Å². The maximum Gasteiger partial charge on any atom is 0.113 e. The summed E-state index contributed by atoms with van der Waals surface area (Å²) >= 11 is 1.29. The summed E-state index contributed by atoms with van der Waals surface area (Å²) in [7, 11) is 0. The molecule has 92 valence electrons. The standard InChI is InChI=1S/C16H12N2S/c1-9-3-5-11-12-6-4-10(2)8-14(12)16-15(13(11)7-9)17-19-18-16/h3-8H,1-2H3. The minimum Gasteiger partial charge on any atom is -0.172 e. The molecule has 0 radical (unpaired) electrons. The summed E-state index contributed by atoms with van der Waals surface area (Å²) < 4.78 is 9.00. The molecule has 0 unspecified atom stereocenters. The highest BCUT2D eigenvalue weighted by Crippen LogP contribution is 2.34. The van der Waals surface area contributed by atoms with E-state index in [1.165, 1.54) is 44.4 Å². The summed E-state index contributed by atoms with van der Waals surface area (Å²) in [5.74, 6) is 0. The Bertz CT molecular complexity index is 862. The molecule has 2 nitrogen and oxygen atoms in total. The van der Waals surface area contributed by atoms with Crippen LogP contribution in [0.25, 0.3) is 32.6 Å². The Balaban J connectivity index is 2.40. The summed E-state index contributed by atoms with van der Waals surface area (Å²) in [5, 5.41) is 4.95. The molecule has 0 N–H and O–H groups in total. The average Bonchev–Trinajstić information content (AvgIpc) is 2.88. The molecule has 0 aliphatic carbocycles. The lowest BCUT2D eigenvalue weighted by Crippen LogP contribution is -1.84. The van der Waals surface area contributed by atoms with Crippen molar-refractivity contribution in [2.75, 3.05) is 0 Å². The van der Waals surface area contributed by atoms with Crippen molar-refractivity contribution in [3.05, 3.63) is 47.5 Å². The highest BCUT2D eigenvalue weighted by Gasteiger charge is 2.11. The Morgan fingerprint density at radius 2 is 1.16 bits per heavy atom. The smallest absolute Gasteiger partial charge is 0.113 e. The van der Waals surface area contributed by atoms with Crippen LogP contribution in [-0.2, 0) is 0 Å². The van der Waals surface area contributed by atoms with Crippen LogP contribution in [0, 0.1) is 13.8 Å². The molecule has 1 aromatic heterocycles. The van der Waals surface area contributed by atoms with Crippen LogP contribution in [0.4, 0.5) is 0 Å². The summed E-state index contributed by atoms with van der Waals surface area (Å²) in [6.07, 6.45) is 0. The van der Waals surface area contributed by atoms with Crippen LogP contribution in [0.1, 0.15) is 11.1 Å². The van der Waals surface area contributed by atoms with Crippen LogP contribution in [0.2, 0.25) is 0 Å². The van der Waals surface area contributed by atoms with E-state index in [-0.39, 0.29) is 0 Å². The normalized spacial score (nSPS) is 11.7. The van der Waals surface area contributed by atoms with Crippen LogP contribution in [0.15, 0.2) is 36.4 Å². The van der Waals surface area contributed by atoms with E-state index in [1.54, 1.807) is 0 Å². The fourth-order valence-electron chi connectivity index (χ4n) is 2.72. The number of nitrogens with zero attached hydrogens (tertiary/aromatic N) is 2. The zero-order chi connectivity index (χ0) is 13.0. The number of hydrogen-bond donors (Lipinski definition) is 0. The van der Waals surface area contributed by atoms with E-state index in [9.17, 15) is 0 Å². The van der Waals surface area contributed by atoms with Gasteiger partial charge in [0.15, 0.2) is 0 Å². The Morgan fingerprint density at radius 3 is 1.63 bits per heavy atom. The van der Waals surface area contributed by atoms with Crippen molar-refractivity contribution in [3.8, 4) is 0 Å². The van der Waals surface area contributed by atoms with Crippen LogP contribution in [-0.4, -0.2) is 8.75 Å². The molecule has 0 saturated heterocycles. The predicted octanol–water partition coefficient (Wildman–Crippen LogP) is 4.61. The topological polar surface area (TPSA) is 25.8 Å². The second-order valence-electron chi connectivity index (χ2n) is 5.06. The molecule has 0 spiro atoms. The van der Waals surface area contributed by atoms with E-state index < -0.39 is 0 Å². The molecule has 0 fully saturated rings. The first kappa shape index (κ1) is 10.9. The van der Waals surface area contributed by atoms with E-state index in [2.05, 4.69) is 59.0 Å². The minimum atomic E-state index is 1.03. The van der Waals surface area contributed by atoms with Gasteiger partial charge in [0.2, 0.25) is 0 Å². The van der Waals surface area contributed by atoms with Crippen LogP contribution in [0.5, 0.6) is 0 Å². The highest BCUT2D eigenvalue weighted by atomic mass is 32.1. The molecule has 4 aromatic rings. The third-order valence-corrected chi connectivity index (χ3v) is 4.17. The van der Waals surface area contributed by atoms with E-state index in [0.717, 1.165) is 11.0 Å². The summed E-state index contributed by atoms with van der Waals surface area (Å²) in [6.45, 7) is 4.23. The number of benzene rings is 3. The maximum atomic E-state index is 4.50. The van der Waals surface area contributed by atoms with Gasteiger partial charge in [-0.2, -0.15) is 8.75 Å². The summed E-state index contributed by atoms with van der Waals surface area (Å²) in [6, 6.07) is 13.1. The molecule has 1 heterocycles. The summed E-state index contributed by atoms with van der Waals surface area (Å²) in [5.41, 5.74) is 4.57. The van der Waals surface area contributed by atoms with Gasteiger partial charge in [-0.25, -0.2) is 0 Å². The second-order valence-corrected chi connectivity index (χ2v) is 5.59. The Kier molecular flexibility index (Phi) is 2.15. The quantitative estimate of drug-likeness (QED) is 0.433. The van der Waals surface area contributed by atoms with Crippen molar-refractivity contribution >= 4 is 44.3 Å². The number of aromatic nitrogens is 2. The molecule has 19 heavy (non-hydrogen) atoms. The molecule has 0 aliphatic rings. The zero-order valence-corrected chi connectivity index (χ0v) is 11.6. The lowest BCUT2D eigenvalue weighted by atomic mass is 9.97. The van der Waals surface area contributed by atoms with Gasteiger partial charge in [0.1, 0.15) is 11.0 Å². The van der Waals surface area contributed by atoms with Crippen LogP contribution in [0.3, 0.4) is 0 Å². The maximum absolute atomic E-state index is 4.50. The molecular weight excluding hydrogens is 252 g/mol. The van der Waals surface area contributed by atoms with Crippen LogP contribution >= 0.6 is 11.7 Å². The Labute approximate surface area is 115 Å². The summed E-state index contributed by atoms with van der Waals surface area (Å²) in [4.78, 5) is 0. The van der Waals surface area contributed by atoms with Gasteiger partial charge in [0, 0.05) is 10.8 Å². The first-order chi connectivity index (χ1) is 9.24. The lowest BCUT2D eigenvalue weighted by Gasteiger charge is -2.07. The SMILES string of the molecule is Cc1ccc2c3ccc(C)cc3c3nsnc3c2c1. The molecule has 3 heteroatoms. The van der Waals surface area contributed by atoms with Gasteiger partial charge in [-0.05, 0) is 36.8 Å². The Morgan fingerprint density at radius 1 is 0.684 bits per heavy atom. The minimum absolute atomic E-state index is 1.03. The van der Waals surface area contributed by atoms with E-state index >= 15 is 0 Å². The van der Waals surface area contributed by atoms with Gasteiger partial charge < -0.3 is 0 Å². The molecule has 0 amide bonds. The van der Waals surface area contributed by atoms with Gasteiger partial charge in [-0.1, -0.05) is 35.4 Å². The van der Waals surface area contributed by atoms with Crippen LogP contribution < -0.4 is 0 Å². The van der Waals surface area contributed by atoms with Gasteiger partial charge >= 0.3 is 0 Å². The van der Waals surface area contributed by atoms with E-state index in [0.29, 0.717) is 0 Å². The van der Waals surface area contributed by atoms with Crippen molar-refractivity contribution in [1.29, 1.82) is 0 Å². The zero-order valence-electron chi connectivity index (χ0n) is 10.8. The van der Waals surface area contributed by atoms with Gasteiger partial charge in [0.05, 0.1) is 11.7 Å². The number of hydrogen-bond acceptors (Lipinski definition) is 3. The highest BCUT2D eigenvalue weighted by molar-refractivity contribution is 7.00. The van der Waals surface area contributed by atoms with Gasteiger partial charge in [-0.3, -0.25) is 0 Å². The number of rotatable bonds is 0. The molecule has 4 rings (SSSR count). The molecule has 0 saturated carbocycles. The fraction of sp³-hybridized carbons (Fsp3) is 0.125. The lowest BCUT2D eigenvalue weighted by molar-refractivity contribution is 1.50. The molecule has 0 aliphatic heterocycles. The molecule has 0 atom stereocenters. The van der Waals surface area contributed by atoms with Gasteiger partial charge in [-0.15, -0.1) is 0 Å². The van der Waals surface area contributed by atoms with Gasteiger partial charge in [0.25, 0.3) is 0 Å². The monoisotopic (exact) mass is 264 g/mol. The first-order valence-corrected chi connectivity index (χ1v) is 7.02. The van der Waals surface area contributed by atoms with Crippen molar-refractivity contribution in [2.24, 2.45) is 0 Å². The largest absolute Gasteiger partial charge is 0.172 e. The number of fused-ring (bicyclic) bond motifs is 6. The number of aryl methyl sites for hydroxylation is 2. The van der Waals surface area contributed by atoms with Crippen molar-refractivity contribution in [3.63, 3.8) is 0 Å². The third kappa shape index (κ3) is 1.48.